The molecule has 2 heterocycles. The van der Waals surface area contributed by atoms with Gasteiger partial charge in [0.1, 0.15) is 0 Å². The highest BCUT2D eigenvalue weighted by Gasteiger charge is 2.19. The minimum atomic E-state index is 0.408. The molecule has 1 aromatic rings. The third-order valence-corrected chi connectivity index (χ3v) is 5.39. The molecule has 26 heavy (non-hydrogen) atoms. The number of aliphatic imine (C=N–C) groups is 1. The van der Waals surface area contributed by atoms with Gasteiger partial charge in [-0.3, -0.25) is 9.89 Å². The van der Waals surface area contributed by atoms with Crippen LogP contribution in [0, 0.1) is 0 Å². The fourth-order valence-electron chi connectivity index (χ4n) is 3.81. The van der Waals surface area contributed by atoms with Gasteiger partial charge < -0.3 is 15.4 Å². The first-order valence-corrected chi connectivity index (χ1v) is 10.2. The Labute approximate surface area is 158 Å². The fourth-order valence-corrected chi connectivity index (χ4v) is 3.81. The number of piperidine rings is 2. The van der Waals surface area contributed by atoms with Gasteiger partial charge in [0.2, 0.25) is 0 Å². The minimum absolute atomic E-state index is 0.408. The molecule has 1 aromatic carbocycles. The van der Waals surface area contributed by atoms with E-state index < -0.39 is 0 Å². The average Bonchev–Trinajstić information content (AvgIpc) is 2.70. The van der Waals surface area contributed by atoms with Gasteiger partial charge in [0, 0.05) is 45.9 Å². The lowest BCUT2D eigenvalue weighted by Gasteiger charge is -2.32. The molecule has 144 valence electrons. The summed E-state index contributed by atoms with van der Waals surface area (Å²) in [6.07, 6.45) is 7.42. The van der Waals surface area contributed by atoms with E-state index in [1.165, 1.54) is 24.8 Å². The third-order valence-electron chi connectivity index (χ3n) is 5.39. The molecule has 0 aliphatic carbocycles. The molecule has 0 saturated carbocycles. The highest BCUT2D eigenvalue weighted by atomic mass is 16.5. The maximum absolute atomic E-state index is 6.08. The largest absolute Gasteiger partial charge is 0.378 e. The van der Waals surface area contributed by atoms with E-state index in [0.29, 0.717) is 6.10 Å². The molecule has 0 unspecified atom stereocenters. The Morgan fingerprint density at radius 2 is 1.77 bits per heavy atom. The van der Waals surface area contributed by atoms with E-state index in [1.807, 2.05) is 0 Å². The second kappa shape index (κ2) is 10.5. The number of ether oxygens (including phenoxy) is 1. The maximum atomic E-state index is 6.08. The predicted octanol–water partition coefficient (Wildman–Crippen LogP) is 2.86. The summed E-state index contributed by atoms with van der Waals surface area (Å²) in [5.74, 6) is 0.721. The van der Waals surface area contributed by atoms with Gasteiger partial charge in [0.05, 0.1) is 6.10 Å². The van der Waals surface area contributed by atoms with Crippen LogP contribution in [0.25, 0.3) is 0 Å². The molecular formula is C21H34N4O. The highest BCUT2D eigenvalue weighted by Crippen LogP contribution is 2.16. The summed E-state index contributed by atoms with van der Waals surface area (Å²) in [6, 6.07) is 10.7. The molecule has 0 amide bonds. The maximum Gasteiger partial charge on any atom is 0.191 e. The number of guanidine groups is 1. The SMILES string of the molecule is NC(=NCCCOC1CCN(Cc2ccccc2)CC1)N1CCCCC1. The van der Waals surface area contributed by atoms with Crippen LogP contribution in [0.1, 0.15) is 44.1 Å². The summed E-state index contributed by atoms with van der Waals surface area (Å²) >= 11 is 0. The van der Waals surface area contributed by atoms with Crippen molar-refractivity contribution in [3.8, 4) is 0 Å². The van der Waals surface area contributed by atoms with Crippen LogP contribution >= 0.6 is 0 Å². The van der Waals surface area contributed by atoms with Crippen molar-refractivity contribution in [2.24, 2.45) is 10.7 Å². The van der Waals surface area contributed by atoms with Gasteiger partial charge in [-0.2, -0.15) is 0 Å². The van der Waals surface area contributed by atoms with Crippen LogP contribution in [0.4, 0.5) is 0 Å². The molecule has 3 rings (SSSR count). The zero-order valence-electron chi connectivity index (χ0n) is 16.0. The standard InChI is InChI=1S/C21H34N4O/c22-21(25-13-5-2-6-14-25)23-12-7-17-26-20-10-15-24(16-11-20)18-19-8-3-1-4-9-19/h1,3-4,8-9,20H,2,5-7,10-18H2,(H2,22,23). The number of nitrogens with two attached hydrogens (primary N) is 1. The molecule has 2 aliphatic heterocycles. The van der Waals surface area contributed by atoms with Crippen molar-refractivity contribution >= 4 is 5.96 Å². The van der Waals surface area contributed by atoms with Crippen LogP contribution in [0.5, 0.6) is 0 Å². The van der Waals surface area contributed by atoms with Crippen LogP contribution in [0.2, 0.25) is 0 Å². The van der Waals surface area contributed by atoms with Gasteiger partial charge in [-0.15, -0.1) is 0 Å². The van der Waals surface area contributed by atoms with Gasteiger partial charge in [-0.25, -0.2) is 0 Å². The quantitative estimate of drug-likeness (QED) is 0.463. The second-order valence-corrected chi connectivity index (χ2v) is 7.47. The van der Waals surface area contributed by atoms with Gasteiger partial charge in [-0.1, -0.05) is 30.3 Å². The molecule has 0 spiro atoms. The Hall–Kier alpha value is -1.59. The minimum Gasteiger partial charge on any atom is -0.378 e. The summed E-state index contributed by atoms with van der Waals surface area (Å²) in [6.45, 7) is 6.99. The topological polar surface area (TPSA) is 54.1 Å². The van der Waals surface area contributed by atoms with Crippen LogP contribution in [0.15, 0.2) is 35.3 Å². The average molecular weight is 359 g/mol. The summed E-state index contributed by atoms with van der Waals surface area (Å²) < 4.78 is 6.06. The molecule has 2 fully saturated rings. The number of likely N-dealkylation sites (tertiary alicyclic amines) is 2. The van der Waals surface area contributed by atoms with E-state index in [2.05, 4.69) is 45.1 Å². The van der Waals surface area contributed by atoms with Crippen molar-refractivity contribution in [3.63, 3.8) is 0 Å². The Kier molecular flexibility index (Phi) is 7.77. The van der Waals surface area contributed by atoms with Crippen LogP contribution in [-0.4, -0.2) is 61.2 Å². The van der Waals surface area contributed by atoms with Crippen LogP contribution < -0.4 is 5.73 Å². The number of hydrogen-bond acceptors (Lipinski definition) is 3. The van der Waals surface area contributed by atoms with E-state index in [4.69, 9.17) is 10.5 Å². The van der Waals surface area contributed by atoms with Crippen LogP contribution in [0.3, 0.4) is 0 Å². The van der Waals surface area contributed by atoms with Crippen molar-refractivity contribution < 1.29 is 4.74 Å². The Bertz CT molecular complexity index is 534. The zero-order chi connectivity index (χ0) is 18.0. The van der Waals surface area contributed by atoms with E-state index in [0.717, 1.165) is 71.1 Å². The van der Waals surface area contributed by atoms with Gasteiger partial charge in [0.15, 0.2) is 5.96 Å². The summed E-state index contributed by atoms with van der Waals surface area (Å²) in [4.78, 5) is 9.26. The Morgan fingerprint density at radius 1 is 1.04 bits per heavy atom. The molecule has 0 atom stereocenters. The Morgan fingerprint density at radius 3 is 2.50 bits per heavy atom. The van der Waals surface area contributed by atoms with Gasteiger partial charge in [-0.05, 0) is 44.1 Å². The first kappa shape index (κ1) is 19.2. The van der Waals surface area contributed by atoms with E-state index in [9.17, 15) is 0 Å². The first-order chi connectivity index (χ1) is 12.8. The molecule has 0 bridgehead atoms. The molecule has 2 saturated heterocycles. The van der Waals surface area contributed by atoms with E-state index in [-0.39, 0.29) is 0 Å². The van der Waals surface area contributed by atoms with Crippen molar-refractivity contribution in [2.45, 2.75) is 51.2 Å². The van der Waals surface area contributed by atoms with Crippen LogP contribution in [-0.2, 0) is 11.3 Å². The lowest BCUT2D eigenvalue weighted by atomic mass is 10.1. The van der Waals surface area contributed by atoms with Crippen molar-refractivity contribution in [2.75, 3.05) is 39.3 Å². The summed E-state index contributed by atoms with van der Waals surface area (Å²) in [7, 11) is 0. The fraction of sp³-hybridized carbons (Fsp3) is 0.667. The molecule has 5 heteroatoms. The molecule has 2 aliphatic rings. The van der Waals surface area contributed by atoms with Gasteiger partial charge in [0.25, 0.3) is 0 Å². The highest BCUT2D eigenvalue weighted by molar-refractivity contribution is 5.78. The summed E-state index contributed by atoms with van der Waals surface area (Å²) in [5, 5.41) is 0. The lowest BCUT2D eigenvalue weighted by Crippen LogP contribution is -2.41. The van der Waals surface area contributed by atoms with Crippen molar-refractivity contribution in [1.29, 1.82) is 0 Å². The Balaban J connectivity index is 1.26. The summed E-state index contributed by atoms with van der Waals surface area (Å²) in [5.41, 5.74) is 7.48. The zero-order valence-corrected chi connectivity index (χ0v) is 16.0. The molecule has 5 nitrogen and oxygen atoms in total. The molecule has 0 radical (unpaired) electrons. The van der Waals surface area contributed by atoms with Gasteiger partial charge >= 0.3 is 0 Å². The monoisotopic (exact) mass is 358 g/mol. The number of rotatable bonds is 7. The second-order valence-electron chi connectivity index (χ2n) is 7.47. The van der Waals surface area contributed by atoms with E-state index >= 15 is 0 Å². The number of benzene rings is 1. The lowest BCUT2D eigenvalue weighted by molar-refractivity contribution is 0.00565. The smallest absolute Gasteiger partial charge is 0.191 e. The normalized spacial score (nSPS) is 20.5. The van der Waals surface area contributed by atoms with Crippen molar-refractivity contribution in [1.82, 2.24) is 9.80 Å². The molecule has 0 aromatic heterocycles. The molecule has 2 N–H and O–H groups in total. The van der Waals surface area contributed by atoms with Crippen molar-refractivity contribution in [3.05, 3.63) is 35.9 Å². The number of hydrogen-bond donors (Lipinski definition) is 1. The predicted molar refractivity (Wildman–Crippen MR) is 107 cm³/mol. The third kappa shape index (κ3) is 6.29. The number of nitrogens with zero attached hydrogens (tertiary/aromatic N) is 3. The first-order valence-electron chi connectivity index (χ1n) is 10.2. The molecular weight excluding hydrogens is 324 g/mol. The van der Waals surface area contributed by atoms with E-state index in [1.54, 1.807) is 0 Å².